The predicted molar refractivity (Wildman–Crippen MR) is 121 cm³/mol. The number of carbonyl (C=O) groups is 1. The molecule has 2 aliphatic rings. The molecule has 0 aliphatic carbocycles. The van der Waals surface area contributed by atoms with Crippen molar-refractivity contribution in [3.8, 4) is 17.2 Å². The molecule has 34 heavy (non-hydrogen) atoms. The maximum absolute atomic E-state index is 13.3. The van der Waals surface area contributed by atoms with Crippen molar-refractivity contribution >= 4 is 27.5 Å². The topological polar surface area (TPSA) is 60.0 Å². The van der Waals surface area contributed by atoms with Crippen molar-refractivity contribution in [2.75, 3.05) is 27.9 Å². The van der Waals surface area contributed by atoms with Crippen LogP contribution in [0.15, 0.2) is 30.3 Å². The van der Waals surface area contributed by atoms with Crippen LogP contribution in [0.5, 0.6) is 17.2 Å². The Kier molecular flexibility index (Phi) is 5.47. The standard InChI is InChI=1S/C25H25F3N2O4/c1-32-13-6-7-14-15(9-13)16-10-20(33-2)21(34-3)11-17(16)22-18(14)12-30-8-4-5-19(30)23(22)29-24(31)25(26,27)28/h6-7,9-11,19,23H,4-5,8,12H2,1-3H3,(H,29,31)/t19-,23+/m0/s1. The number of hydrogen-bond donors (Lipinski definition) is 1. The summed E-state index contributed by atoms with van der Waals surface area (Å²) in [4.78, 5) is 14.3. The van der Waals surface area contributed by atoms with E-state index in [2.05, 4.69) is 10.2 Å². The number of carbonyl (C=O) groups excluding carboxylic acids is 1. The van der Waals surface area contributed by atoms with Crippen LogP contribution >= 0.6 is 0 Å². The monoisotopic (exact) mass is 474 g/mol. The highest BCUT2D eigenvalue weighted by molar-refractivity contribution is 6.12. The van der Waals surface area contributed by atoms with E-state index in [4.69, 9.17) is 14.2 Å². The minimum atomic E-state index is -4.97. The molecule has 1 fully saturated rings. The first-order valence-corrected chi connectivity index (χ1v) is 11.1. The lowest BCUT2D eigenvalue weighted by molar-refractivity contribution is -0.175. The Hall–Kier alpha value is -3.20. The first-order chi connectivity index (χ1) is 16.3. The Bertz CT molecular complexity index is 1290. The average Bonchev–Trinajstić information content (AvgIpc) is 3.30. The van der Waals surface area contributed by atoms with Gasteiger partial charge in [-0.25, -0.2) is 0 Å². The summed E-state index contributed by atoms with van der Waals surface area (Å²) in [5.41, 5.74) is 1.61. The van der Waals surface area contributed by atoms with Gasteiger partial charge in [-0.05, 0) is 76.3 Å². The first kappa shape index (κ1) is 22.6. The third-order valence-corrected chi connectivity index (χ3v) is 7.00. The SMILES string of the molecule is COc1ccc2c3c(c4cc(OC)c(OC)cc4c2c1)[C@H](NC(=O)C(F)(F)F)[C@@H]1CCCN1C3. The molecule has 0 bridgehead atoms. The van der Waals surface area contributed by atoms with Gasteiger partial charge in [0.15, 0.2) is 11.5 Å². The Morgan fingerprint density at radius 2 is 1.65 bits per heavy atom. The molecule has 2 heterocycles. The molecule has 180 valence electrons. The zero-order valence-corrected chi connectivity index (χ0v) is 19.1. The van der Waals surface area contributed by atoms with Gasteiger partial charge >= 0.3 is 12.1 Å². The van der Waals surface area contributed by atoms with Crippen molar-refractivity contribution in [2.24, 2.45) is 0 Å². The molecular formula is C25H25F3N2O4. The molecule has 0 aromatic heterocycles. The van der Waals surface area contributed by atoms with Crippen molar-refractivity contribution in [1.29, 1.82) is 0 Å². The molecule has 0 saturated carbocycles. The molecular weight excluding hydrogens is 449 g/mol. The molecule has 6 nitrogen and oxygen atoms in total. The zero-order valence-electron chi connectivity index (χ0n) is 19.1. The minimum absolute atomic E-state index is 0.217. The van der Waals surface area contributed by atoms with E-state index >= 15 is 0 Å². The maximum Gasteiger partial charge on any atom is 0.471 e. The number of ether oxygens (including phenoxy) is 3. The van der Waals surface area contributed by atoms with E-state index < -0.39 is 18.1 Å². The fraction of sp³-hybridized carbons (Fsp3) is 0.400. The number of rotatable bonds is 4. The molecule has 9 heteroatoms. The molecule has 3 aromatic carbocycles. The molecule has 1 saturated heterocycles. The number of halogens is 3. The summed E-state index contributed by atoms with van der Waals surface area (Å²) in [6.45, 7) is 1.36. The second-order valence-corrected chi connectivity index (χ2v) is 8.69. The highest BCUT2D eigenvalue weighted by Crippen LogP contribution is 2.47. The molecule has 0 unspecified atom stereocenters. The van der Waals surface area contributed by atoms with Gasteiger partial charge in [-0.1, -0.05) is 6.07 Å². The van der Waals surface area contributed by atoms with E-state index in [1.807, 2.05) is 24.3 Å². The highest BCUT2D eigenvalue weighted by Gasteiger charge is 2.45. The summed E-state index contributed by atoms with van der Waals surface area (Å²) < 4.78 is 56.4. The molecule has 0 spiro atoms. The lowest BCUT2D eigenvalue weighted by Crippen LogP contribution is -2.49. The second-order valence-electron chi connectivity index (χ2n) is 8.69. The zero-order chi connectivity index (χ0) is 24.2. The lowest BCUT2D eigenvalue weighted by atomic mass is 9.82. The number of alkyl halides is 3. The Morgan fingerprint density at radius 3 is 2.29 bits per heavy atom. The molecule has 3 aromatic rings. The number of hydrogen-bond acceptors (Lipinski definition) is 5. The number of fused-ring (bicyclic) bond motifs is 7. The van der Waals surface area contributed by atoms with Crippen molar-refractivity contribution in [3.63, 3.8) is 0 Å². The second kappa shape index (κ2) is 8.23. The van der Waals surface area contributed by atoms with Gasteiger partial charge in [0.25, 0.3) is 0 Å². The lowest BCUT2D eigenvalue weighted by Gasteiger charge is -2.40. The van der Waals surface area contributed by atoms with E-state index in [9.17, 15) is 18.0 Å². The summed E-state index contributed by atoms with van der Waals surface area (Å²) in [5.74, 6) is -0.289. The van der Waals surface area contributed by atoms with Crippen LogP contribution in [0.25, 0.3) is 21.5 Å². The van der Waals surface area contributed by atoms with Crippen LogP contribution in [0.1, 0.15) is 30.0 Å². The van der Waals surface area contributed by atoms with Gasteiger partial charge < -0.3 is 19.5 Å². The summed E-state index contributed by atoms with van der Waals surface area (Å²) in [6.07, 6.45) is -3.41. The predicted octanol–water partition coefficient (Wildman–Crippen LogP) is 4.72. The summed E-state index contributed by atoms with van der Waals surface area (Å²) in [5, 5.41) is 5.66. The Labute approximate surface area is 194 Å². The van der Waals surface area contributed by atoms with Crippen molar-refractivity contribution in [2.45, 2.75) is 37.6 Å². The first-order valence-electron chi connectivity index (χ1n) is 11.1. The minimum Gasteiger partial charge on any atom is -0.497 e. The fourth-order valence-electron chi connectivity index (χ4n) is 5.51. The molecule has 5 rings (SSSR count). The van der Waals surface area contributed by atoms with Crippen molar-refractivity contribution < 1.29 is 32.2 Å². The van der Waals surface area contributed by atoms with Gasteiger partial charge in [0, 0.05) is 12.6 Å². The van der Waals surface area contributed by atoms with Crippen molar-refractivity contribution in [1.82, 2.24) is 10.2 Å². The fourth-order valence-corrected chi connectivity index (χ4v) is 5.51. The van der Waals surface area contributed by atoms with Crippen molar-refractivity contribution in [3.05, 3.63) is 41.5 Å². The summed E-state index contributed by atoms with van der Waals surface area (Å²) in [7, 11) is 4.64. The number of benzene rings is 3. The maximum atomic E-state index is 13.3. The molecule has 2 aliphatic heterocycles. The Morgan fingerprint density at radius 1 is 0.971 bits per heavy atom. The number of amides is 1. The van der Waals surface area contributed by atoms with Crippen LogP contribution in [-0.2, 0) is 11.3 Å². The van der Waals surface area contributed by atoms with E-state index in [1.165, 1.54) is 14.2 Å². The van der Waals surface area contributed by atoms with Gasteiger partial charge in [0.05, 0.1) is 27.4 Å². The van der Waals surface area contributed by atoms with Gasteiger partial charge in [-0.2, -0.15) is 13.2 Å². The van der Waals surface area contributed by atoms with E-state index in [-0.39, 0.29) is 6.04 Å². The third-order valence-electron chi connectivity index (χ3n) is 7.00. The van der Waals surface area contributed by atoms with Gasteiger partial charge in [-0.3, -0.25) is 9.69 Å². The molecule has 1 N–H and O–H groups in total. The Balaban J connectivity index is 1.86. The smallest absolute Gasteiger partial charge is 0.471 e. The molecule has 2 atom stereocenters. The van der Waals surface area contributed by atoms with Crippen LogP contribution in [0, 0.1) is 0 Å². The van der Waals surface area contributed by atoms with E-state index in [0.29, 0.717) is 35.8 Å². The largest absolute Gasteiger partial charge is 0.497 e. The van der Waals surface area contributed by atoms with E-state index in [1.54, 1.807) is 13.2 Å². The number of nitrogens with zero attached hydrogens (tertiary/aromatic N) is 1. The quantitative estimate of drug-likeness (QED) is 0.555. The van der Waals surface area contributed by atoms with Crippen LogP contribution in [0.3, 0.4) is 0 Å². The average molecular weight is 474 g/mol. The third kappa shape index (κ3) is 3.50. The van der Waals surface area contributed by atoms with Gasteiger partial charge in [0.2, 0.25) is 0 Å². The van der Waals surface area contributed by atoms with Crippen LogP contribution in [0.2, 0.25) is 0 Å². The summed E-state index contributed by atoms with van der Waals surface area (Å²) in [6, 6.07) is 8.29. The molecule has 0 radical (unpaired) electrons. The van der Waals surface area contributed by atoms with Gasteiger partial charge in [0.1, 0.15) is 5.75 Å². The number of methoxy groups -OCH3 is 3. The van der Waals surface area contributed by atoms with E-state index in [0.717, 1.165) is 40.1 Å². The molecule has 1 amide bonds. The summed E-state index contributed by atoms with van der Waals surface area (Å²) >= 11 is 0. The number of nitrogens with one attached hydrogen (secondary N) is 1. The van der Waals surface area contributed by atoms with Crippen LogP contribution < -0.4 is 19.5 Å². The van der Waals surface area contributed by atoms with Gasteiger partial charge in [-0.15, -0.1) is 0 Å². The highest BCUT2D eigenvalue weighted by atomic mass is 19.4. The van der Waals surface area contributed by atoms with Crippen LogP contribution in [-0.4, -0.2) is 50.9 Å². The normalized spacial score (nSPS) is 20.2. The van der Waals surface area contributed by atoms with Crippen LogP contribution in [0.4, 0.5) is 13.2 Å².